The Balaban J connectivity index is 1.50. The van der Waals surface area contributed by atoms with Crippen LogP contribution in [0.4, 0.5) is 11.6 Å². The second-order valence-electron chi connectivity index (χ2n) is 7.31. The van der Waals surface area contributed by atoms with Crippen molar-refractivity contribution in [1.29, 1.82) is 0 Å². The lowest BCUT2D eigenvalue weighted by atomic mass is 9.89. The van der Waals surface area contributed by atoms with Crippen LogP contribution in [0.5, 0.6) is 5.75 Å². The monoisotopic (exact) mass is 354 g/mol. The van der Waals surface area contributed by atoms with Crippen molar-refractivity contribution in [3.05, 3.63) is 45.9 Å². The van der Waals surface area contributed by atoms with Crippen molar-refractivity contribution in [2.24, 2.45) is 5.92 Å². The minimum atomic E-state index is 0.0451. The molecule has 6 nitrogen and oxygen atoms in total. The fourth-order valence-electron chi connectivity index (χ4n) is 3.98. The third-order valence-corrected chi connectivity index (χ3v) is 5.52. The van der Waals surface area contributed by atoms with Crippen LogP contribution in [0.2, 0.25) is 0 Å². The van der Waals surface area contributed by atoms with Crippen LogP contribution in [0.3, 0.4) is 0 Å². The van der Waals surface area contributed by atoms with Gasteiger partial charge in [0.15, 0.2) is 0 Å². The third kappa shape index (κ3) is 3.16. The van der Waals surface area contributed by atoms with Gasteiger partial charge in [0.25, 0.3) is 5.56 Å². The first-order chi connectivity index (χ1) is 12.7. The summed E-state index contributed by atoms with van der Waals surface area (Å²) in [6, 6.07) is 8.11. The third-order valence-electron chi connectivity index (χ3n) is 5.52. The van der Waals surface area contributed by atoms with Crippen LogP contribution in [0, 0.1) is 5.92 Å². The highest BCUT2D eigenvalue weighted by molar-refractivity contribution is 5.59. The molecule has 0 bridgehead atoms. The largest absolute Gasteiger partial charge is 0.495 e. The molecule has 2 heterocycles. The summed E-state index contributed by atoms with van der Waals surface area (Å²) in [7, 11) is 1.71. The molecule has 0 spiro atoms. The molecule has 2 aromatic rings. The van der Waals surface area contributed by atoms with Gasteiger partial charge in [-0.2, -0.15) is 0 Å². The lowest BCUT2D eigenvalue weighted by Gasteiger charge is -2.37. The second-order valence-corrected chi connectivity index (χ2v) is 7.31. The number of H-pyrrole nitrogens is 1. The lowest BCUT2D eigenvalue weighted by molar-refractivity contribution is 0.413. The highest BCUT2D eigenvalue weighted by Gasteiger charge is 2.24. The van der Waals surface area contributed by atoms with E-state index >= 15 is 0 Å². The number of piperazine rings is 1. The molecule has 138 valence electrons. The number of aryl methyl sites for hydroxylation is 1. The Morgan fingerprint density at radius 3 is 2.65 bits per heavy atom. The molecule has 1 atom stereocenters. The predicted octanol–water partition coefficient (Wildman–Crippen LogP) is 2.23. The quantitative estimate of drug-likeness (QED) is 0.916. The molecule has 1 saturated heterocycles. The maximum Gasteiger partial charge on any atom is 0.255 e. The summed E-state index contributed by atoms with van der Waals surface area (Å²) in [4.78, 5) is 24.8. The summed E-state index contributed by atoms with van der Waals surface area (Å²) in [5.74, 6) is 2.19. The molecule has 4 rings (SSSR count). The van der Waals surface area contributed by atoms with Crippen LogP contribution in [0.1, 0.15) is 24.6 Å². The van der Waals surface area contributed by atoms with Gasteiger partial charge in [0.1, 0.15) is 5.75 Å². The van der Waals surface area contributed by atoms with Crippen molar-refractivity contribution in [2.75, 3.05) is 43.1 Å². The van der Waals surface area contributed by atoms with E-state index in [1.165, 1.54) is 0 Å². The van der Waals surface area contributed by atoms with Gasteiger partial charge in [0.05, 0.1) is 18.5 Å². The van der Waals surface area contributed by atoms with Gasteiger partial charge in [-0.1, -0.05) is 19.1 Å². The number of nitrogens with one attached hydrogen (secondary N) is 1. The van der Waals surface area contributed by atoms with Crippen molar-refractivity contribution < 1.29 is 4.74 Å². The minimum Gasteiger partial charge on any atom is -0.495 e. The minimum absolute atomic E-state index is 0.0451. The zero-order chi connectivity index (χ0) is 18.1. The number of ether oxygens (including phenoxy) is 1. The molecule has 0 saturated carbocycles. The number of aromatic nitrogens is 2. The molecule has 2 aliphatic rings. The van der Waals surface area contributed by atoms with E-state index in [-0.39, 0.29) is 5.56 Å². The molecule has 1 unspecified atom stereocenters. The van der Waals surface area contributed by atoms with Gasteiger partial charge in [-0.25, -0.2) is 4.98 Å². The smallest absolute Gasteiger partial charge is 0.255 e. The van der Waals surface area contributed by atoms with Crippen LogP contribution in [-0.2, 0) is 12.8 Å². The Kier molecular flexibility index (Phi) is 4.57. The van der Waals surface area contributed by atoms with E-state index in [2.05, 4.69) is 27.8 Å². The number of benzene rings is 1. The van der Waals surface area contributed by atoms with E-state index in [0.717, 1.165) is 74.1 Å². The van der Waals surface area contributed by atoms with Crippen LogP contribution >= 0.6 is 0 Å². The molecule has 1 aromatic heterocycles. The fourth-order valence-corrected chi connectivity index (χ4v) is 3.98. The van der Waals surface area contributed by atoms with Crippen molar-refractivity contribution >= 4 is 11.6 Å². The van der Waals surface area contributed by atoms with E-state index in [1.54, 1.807) is 7.11 Å². The van der Waals surface area contributed by atoms with Gasteiger partial charge in [-0.15, -0.1) is 0 Å². The van der Waals surface area contributed by atoms with Crippen LogP contribution in [0.25, 0.3) is 0 Å². The fraction of sp³-hybridized carbons (Fsp3) is 0.500. The number of rotatable bonds is 3. The normalized spacial score (nSPS) is 20.0. The van der Waals surface area contributed by atoms with Gasteiger partial charge >= 0.3 is 0 Å². The molecule has 0 radical (unpaired) electrons. The van der Waals surface area contributed by atoms with Gasteiger partial charge in [-0.05, 0) is 37.3 Å². The predicted molar refractivity (Wildman–Crippen MR) is 103 cm³/mol. The summed E-state index contributed by atoms with van der Waals surface area (Å²) < 4.78 is 5.48. The van der Waals surface area contributed by atoms with Crippen LogP contribution < -0.4 is 20.1 Å². The summed E-state index contributed by atoms with van der Waals surface area (Å²) in [5, 5.41) is 0. The second kappa shape index (κ2) is 7.02. The van der Waals surface area contributed by atoms with Crippen molar-refractivity contribution in [2.45, 2.75) is 26.2 Å². The number of hydrogen-bond acceptors (Lipinski definition) is 5. The molecule has 1 aromatic carbocycles. The number of para-hydroxylation sites is 2. The Bertz CT molecular complexity index is 840. The molecular formula is C20H26N4O2. The molecule has 26 heavy (non-hydrogen) atoms. The zero-order valence-electron chi connectivity index (χ0n) is 15.5. The summed E-state index contributed by atoms with van der Waals surface area (Å²) in [6.45, 7) is 5.61. The Morgan fingerprint density at radius 2 is 1.88 bits per heavy atom. The van der Waals surface area contributed by atoms with Gasteiger partial charge in [0, 0.05) is 31.7 Å². The first-order valence-electron chi connectivity index (χ1n) is 9.40. The topological polar surface area (TPSA) is 61.5 Å². The number of nitrogens with zero attached hydrogens (tertiary/aromatic N) is 3. The average Bonchev–Trinajstić information content (AvgIpc) is 2.68. The highest BCUT2D eigenvalue weighted by Crippen LogP contribution is 2.29. The molecule has 0 amide bonds. The van der Waals surface area contributed by atoms with Crippen LogP contribution in [-0.4, -0.2) is 43.3 Å². The van der Waals surface area contributed by atoms with Crippen molar-refractivity contribution in [3.63, 3.8) is 0 Å². The SMILES string of the molecule is COc1ccccc1N1CCN(c2nc3c(c(=O)[nH]2)CC(C)CC3)CC1. The van der Waals surface area contributed by atoms with Crippen molar-refractivity contribution in [3.8, 4) is 5.75 Å². The number of methoxy groups -OCH3 is 1. The maximum atomic E-state index is 12.5. The lowest BCUT2D eigenvalue weighted by Crippen LogP contribution is -2.47. The highest BCUT2D eigenvalue weighted by atomic mass is 16.5. The summed E-state index contributed by atoms with van der Waals surface area (Å²) in [6.07, 6.45) is 2.87. The molecule has 1 aliphatic carbocycles. The molecule has 1 N–H and O–H groups in total. The van der Waals surface area contributed by atoms with E-state index < -0.39 is 0 Å². The summed E-state index contributed by atoms with van der Waals surface area (Å²) in [5.41, 5.74) is 3.05. The molecule has 1 fully saturated rings. The number of fused-ring (bicyclic) bond motifs is 1. The van der Waals surface area contributed by atoms with Gasteiger partial charge < -0.3 is 14.5 Å². The first kappa shape index (κ1) is 16.9. The van der Waals surface area contributed by atoms with E-state index in [9.17, 15) is 4.79 Å². The maximum absolute atomic E-state index is 12.5. The van der Waals surface area contributed by atoms with E-state index in [4.69, 9.17) is 9.72 Å². The Hall–Kier alpha value is -2.50. The zero-order valence-corrected chi connectivity index (χ0v) is 15.5. The molecule has 1 aliphatic heterocycles. The number of hydrogen-bond donors (Lipinski definition) is 1. The van der Waals surface area contributed by atoms with E-state index in [1.807, 2.05) is 18.2 Å². The van der Waals surface area contributed by atoms with Gasteiger partial charge in [-0.3, -0.25) is 9.78 Å². The van der Waals surface area contributed by atoms with Crippen molar-refractivity contribution in [1.82, 2.24) is 9.97 Å². The Morgan fingerprint density at radius 1 is 1.15 bits per heavy atom. The standard InChI is InChI=1S/C20H26N4O2/c1-14-7-8-16-15(13-14)19(25)22-20(21-16)24-11-9-23(10-12-24)17-5-3-4-6-18(17)26-2/h3-6,14H,7-13H2,1-2H3,(H,21,22,25). The Labute approximate surface area is 153 Å². The van der Waals surface area contributed by atoms with Gasteiger partial charge in [0.2, 0.25) is 5.95 Å². The average molecular weight is 354 g/mol. The molecular weight excluding hydrogens is 328 g/mol. The number of aromatic amines is 1. The number of anilines is 2. The first-order valence-corrected chi connectivity index (χ1v) is 9.40. The molecule has 6 heteroatoms. The van der Waals surface area contributed by atoms with E-state index in [0.29, 0.717) is 5.92 Å². The van der Waals surface area contributed by atoms with Crippen LogP contribution in [0.15, 0.2) is 29.1 Å². The summed E-state index contributed by atoms with van der Waals surface area (Å²) >= 11 is 0.